The standard InChI is InChI=1S/C12H8Cl2F3N3O/c13-8-5-9(14)11(19-10(8)20-18)21-7-3-1-2-6(4-7)12(15,16)17/h1-5H,18H2,(H,19,20). The van der Waals surface area contributed by atoms with Crippen LogP contribution < -0.4 is 16.0 Å². The van der Waals surface area contributed by atoms with Crippen LogP contribution in [0.25, 0.3) is 0 Å². The molecule has 2 rings (SSSR count). The van der Waals surface area contributed by atoms with E-state index in [0.717, 1.165) is 12.1 Å². The topological polar surface area (TPSA) is 60.2 Å². The molecule has 1 aromatic carbocycles. The van der Waals surface area contributed by atoms with Crippen molar-refractivity contribution in [1.82, 2.24) is 4.98 Å². The van der Waals surface area contributed by atoms with Gasteiger partial charge in [0.15, 0.2) is 5.82 Å². The van der Waals surface area contributed by atoms with Gasteiger partial charge >= 0.3 is 6.18 Å². The summed E-state index contributed by atoms with van der Waals surface area (Å²) in [5.41, 5.74) is 1.38. The largest absolute Gasteiger partial charge is 0.437 e. The van der Waals surface area contributed by atoms with Gasteiger partial charge in [-0.15, -0.1) is 0 Å². The van der Waals surface area contributed by atoms with E-state index >= 15 is 0 Å². The number of ether oxygens (including phenoxy) is 1. The quantitative estimate of drug-likeness (QED) is 0.640. The number of aromatic nitrogens is 1. The number of hydrazine groups is 1. The van der Waals surface area contributed by atoms with E-state index in [-0.39, 0.29) is 27.5 Å². The van der Waals surface area contributed by atoms with Crippen molar-refractivity contribution >= 4 is 29.0 Å². The molecule has 112 valence electrons. The number of nitrogen functional groups attached to an aromatic ring is 1. The minimum Gasteiger partial charge on any atom is -0.437 e. The van der Waals surface area contributed by atoms with Gasteiger partial charge in [-0.25, -0.2) is 5.84 Å². The van der Waals surface area contributed by atoms with E-state index in [1.54, 1.807) is 0 Å². The lowest BCUT2D eigenvalue weighted by atomic mass is 10.2. The maximum Gasteiger partial charge on any atom is 0.416 e. The second-order valence-corrected chi connectivity index (χ2v) is 4.69. The fourth-order valence-corrected chi connectivity index (χ4v) is 1.92. The van der Waals surface area contributed by atoms with Crippen molar-refractivity contribution in [1.29, 1.82) is 0 Å². The van der Waals surface area contributed by atoms with E-state index in [1.165, 1.54) is 18.2 Å². The van der Waals surface area contributed by atoms with Gasteiger partial charge in [0.25, 0.3) is 0 Å². The molecule has 1 heterocycles. The summed E-state index contributed by atoms with van der Waals surface area (Å²) in [4.78, 5) is 3.87. The van der Waals surface area contributed by atoms with Crippen LogP contribution in [-0.2, 0) is 6.18 Å². The summed E-state index contributed by atoms with van der Waals surface area (Å²) in [5.74, 6) is 5.10. The smallest absolute Gasteiger partial charge is 0.416 e. The number of nitrogens with two attached hydrogens (primary N) is 1. The zero-order valence-electron chi connectivity index (χ0n) is 10.2. The molecule has 1 aromatic heterocycles. The molecule has 3 N–H and O–H groups in total. The van der Waals surface area contributed by atoms with Crippen molar-refractivity contribution in [3.63, 3.8) is 0 Å². The molecule has 4 nitrogen and oxygen atoms in total. The number of hydrogen-bond donors (Lipinski definition) is 2. The summed E-state index contributed by atoms with van der Waals surface area (Å²) in [7, 11) is 0. The number of nitrogens with zero attached hydrogens (tertiary/aromatic N) is 1. The van der Waals surface area contributed by atoms with Crippen molar-refractivity contribution in [3.05, 3.63) is 45.9 Å². The Morgan fingerprint density at radius 2 is 1.86 bits per heavy atom. The van der Waals surface area contributed by atoms with Crippen LogP contribution in [-0.4, -0.2) is 4.98 Å². The Balaban J connectivity index is 2.34. The lowest BCUT2D eigenvalue weighted by Crippen LogP contribution is -2.09. The van der Waals surface area contributed by atoms with Crippen LogP contribution >= 0.6 is 23.2 Å². The molecule has 0 amide bonds. The summed E-state index contributed by atoms with van der Waals surface area (Å²) < 4.78 is 43.1. The number of alkyl halides is 3. The third-order valence-electron chi connectivity index (χ3n) is 2.41. The number of anilines is 1. The van der Waals surface area contributed by atoms with Crippen molar-refractivity contribution in [2.24, 2.45) is 5.84 Å². The molecule has 0 spiro atoms. The third-order valence-corrected chi connectivity index (χ3v) is 2.97. The first-order valence-electron chi connectivity index (χ1n) is 5.49. The van der Waals surface area contributed by atoms with Crippen LogP contribution in [0.2, 0.25) is 10.0 Å². The molecule has 0 fully saturated rings. The predicted octanol–water partition coefficient (Wildman–Crippen LogP) is 4.49. The van der Waals surface area contributed by atoms with Gasteiger partial charge in [-0.05, 0) is 24.3 Å². The molecule has 0 atom stereocenters. The lowest BCUT2D eigenvalue weighted by Gasteiger charge is -2.11. The van der Waals surface area contributed by atoms with Gasteiger partial charge in [0.05, 0.1) is 10.6 Å². The predicted molar refractivity (Wildman–Crippen MR) is 73.6 cm³/mol. The Morgan fingerprint density at radius 3 is 2.48 bits per heavy atom. The normalized spacial score (nSPS) is 11.3. The van der Waals surface area contributed by atoms with E-state index in [0.29, 0.717) is 0 Å². The average molecular weight is 338 g/mol. The Labute approximate surface area is 127 Å². The van der Waals surface area contributed by atoms with Gasteiger partial charge in [-0.1, -0.05) is 29.3 Å². The number of pyridine rings is 1. The van der Waals surface area contributed by atoms with Crippen LogP contribution in [0, 0.1) is 0 Å². The summed E-state index contributed by atoms with van der Waals surface area (Å²) in [6.07, 6.45) is -4.47. The SMILES string of the molecule is NNc1nc(Oc2cccc(C(F)(F)F)c2)c(Cl)cc1Cl. The summed E-state index contributed by atoms with van der Waals surface area (Å²) in [5, 5.41) is 0.190. The van der Waals surface area contributed by atoms with Crippen LogP contribution in [0.15, 0.2) is 30.3 Å². The molecule has 2 aromatic rings. The molecule has 0 aliphatic carbocycles. The van der Waals surface area contributed by atoms with Crippen molar-refractivity contribution < 1.29 is 17.9 Å². The van der Waals surface area contributed by atoms with Gasteiger partial charge in [-0.3, -0.25) is 0 Å². The van der Waals surface area contributed by atoms with E-state index in [1.807, 2.05) is 0 Å². The van der Waals surface area contributed by atoms with Gasteiger partial charge in [0.2, 0.25) is 5.88 Å². The summed E-state index contributed by atoms with van der Waals surface area (Å²) in [6, 6.07) is 5.63. The van der Waals surface area contributed by atoms with E-state index < -0.39 is 11.7 Å². The van der Waals surface area contributed by atoms with Gasteiger partial charge in [-0.2, -0.15) is 18.2 Å². The second-order valence-electron chi connectivity index (χ2n) is 3.88. The van der Waals surface area contributed by atoms with Gasteiger partial charge < -0.3 is 10.2 Å². The molecule has 0 aliphatic rings. The molecule has 0 unspecified atom stereocenters. The first kappa shape index (κ1) is 15.7. The Bertz CT molecular complexity index is 665. The zero-order chi connectivity index (χ0) is 15.6. The minimum absolute atomic E-state index is 0.0383. The minimum atomic E-state index is -4.47. The Morgan fingerprint density at radius 1 is 1.14 bits per heavy atom. The molecule has 0 saturated heterocycles. The highest BCUT2D eigenvalue weighted by Gasteiger charge is 2.30. The molecule has 0 saturated carbocycles. The number of benzene rings is 1. The lowest BCUT2D eigenvalue weighted by molar-refractivity contribution is -0.137. The molecule has 9 heteroatoms. The van der Waals surface area contributed by atoms with Crippen molar-refractivity contribution in [3.8, 4) is 11.6 Å². The maximum atomic E-state index is 12.6. The van der Waals surface area contributed by atoms with Crippen molar-refractivity contribution in [2.45, 2.75) is 6.18 Å². The van der Waals surface area contributed by atoms with Crippen molar-refractivity contribution in [2.75, 3.05) is 5.43 Å². The maximum absolute atomic E-state index is 12.6. The number of hydrogen-bond acceptors (Lipinski definition) is 4. The fraction of sp³-hybridized carbons (Fsp3) is 0.0833. The van der Waals surface area contributed by atoms with E-state index in [2.05, 4.69) is 10.4 Å². The highest BCUT2D eigenvalue weighted by atomic mass is 35.5. The zero-order valence-corrected chi connectivity index (χ0v) is 11.7. The number of halogens is 5. The highest BCUT2D eigenvalue weighted by molar-refractivity contribution is 6.36. The van der Waals surface area contributed by atoms with Gasteiger partial charge in [0, 0.05) is 0 Å². The van der Waals surface area contributed by atoms with E-state index in [4.69, 9.17) is 33.8 Å². The van der Waals surface area contributed by atoms with Gasteiger partial charge in [0.1, 0.15) is 10.8 Å². The molecule has 21 heavy (non-hydrogen) atoms. The molecular weight excluding hydrogens is 330 g/mol. The Kier molecular flexibility index (Phi) is 4.46. The first-order valence-corrected chi connectivity index (χ1v) is 6.24. The molecule has 0 radical (unpaired) electrons. The van der Waals surface area contributed by atoms with Crippen LogP contribution in [0.5, 0.6) is 11.6 Å². The fourth-order valence-electron chi connectivity index (χ4n) is 1.47. The molecule has 0 bridgehead atoms. The summed E-state index contributed by atoms with van der Waals surface area (Å²) >= 11 is 11.7. The molecular formula is C12H8Cl2F3N3O. The van der Waals surface area contributed by atoms with E-state index in [9.17, 15) is 13.2 Å². The Hall–Kier alpha value is -1.70. The molecule has 0 aliphatic heterocycles. The highest BCUT2D eigenvalue weighted by Crippen LogP contribution is 2.35. The number of nitrogens with one attached hydrogen (secondary N) is 1. The second kappa shape index (κ2) is 5.97. The summed E-state index contributed by atoms with van der Waals surface area (Å²) in [6.45, 7) is 0. The average Bonchev–Trinajstić information content (AvgIpc) is 2.41. The van der Waals surface area contributed by atoms with Crippen LogP contribution in [0.1, 0.15) is 5.56 Å². The van der Waals surface area contributed by atoms with Crippen LogP contribution in [0.4, 0.5) is 19.0 Å². The monoisotopic (exact) mass is 337 g/mol. The van der Waals surface area contributed by atoms with Crippen LogP contribution in [0.3, 0.4) is 0 Å². The number of rotatable bonds is 3. The third kappa shape index (κ3) is 3.69. The first-order chi connectivity index (χ1) is 9.81.